The molecule has 0 spiro atoms. The molecule has 1 aromatic heterocycles. The Labute approximate surface area is 183 Å². The first-order chi connectivity index (χ1) is 15.1. The van der Waals surface area contributed by atoms with Crippen molar-refractivity contribution in [1.29, 1.82) is 5.26 Å². The van der Waals surface area contributed by atoms with Crippen LogP contribution in [0.4, 0.5) is 5.69 Å². The van der Waals surface area contributed by atoms with E-state index in [-0.39, 0.29) is 5.91 Å². The summed E-state index contributed by atoms with van der Waals surface area (Å²) in [7, 11) is 0. The normalized spacial score (nSPS) is 17.2. The Morgan fingerprint density at radius 1 is 1.13 bits per heavy atom. The minimum Gasteiger partial charge on any atom is -0.354 e. The predicted molar refractivity (Wildman–Crippen MR) is 121 cm³/mol. The van der Waals surface area contributed by atoms with Crippen molar-refractivity contribution in [3.05, 3.63) is 98.6 Å². The van der Waals surface area contributed by atoms with Crippen molar-refractivity contribution in [2.24, 2.45) is 5.10 Å². The number of anilines is 1. The van der Waals surface area contributed by atoms with Crippen LogP contribution in [0.3, 0.4) is 0 Å². The van der Waals surface area contributed by atoms with Crippen LogP contribution in [0.15, 0.2) is 76.4 Å². The second-order valence-electron chi connectivity index (χ2n) is 7.25. The van der Waals surface area contributed by atoms with Gasteiger partial charge in [0.2, 0.25) is 0 Å². The number of rotatable bonds is 3. The van der Waals surface area contributed by atoms with Crippen LogP contribution in [0.5, 0.6) is 0 Å². The zero-order valence-electron chi connectivity index (χ0n) is 16.6. The molecule has 0 atom stereocenters. The number of thiazole rings is 1. The highest BCUT2D eigenvalue weighted by molar-refractivity contribution is 7.10. The predicted octanol–water partition coefficient (Wildman–Crippen LogP) is 4.22. The Balaban J connectivity index is 1.57. The number of hydrogen-bond donors (Lipinski definition) is 2. The number of hydrazone groups is 1. The van der Waals surface area contributed by atoms with Crippen molar-refractivity contribution in [3.63, 3.8) is 0 Å². The number of para-hydroxylation sites is 1. The molecule has 0 radical (unpaired) electrons. The van der Waals surface area contributed by atoms with Crippen LogP contribution in [0, 0.1) is 11.3 Å². The lowest BCUT2D eigenvalue weighted by molar-refractivity contribution is -0.116. The molecule has 2 N–H and O–H groups in total. The standard InChI is InChI=1S/C24H17N5OS/c1-14-22(23(30)29-28-14)21-11-19(18-8-4-5-9-20(18)27-21)24-26-17(13-31-24)10-15-6-2-3-7-16(15)12-25/h2-9,11,13,27H,10H2,1H3,(H,29,30)/b22-21-. The number of nitrogens with zero attached hydrogens (tertiary/aromatic N) is 3. The Kier molecular flexibility index (Phi) is 4.69. The van der Waals surface area contributed by atoms with Crippen molar-refractivity contribution in [2.75, 3.05) is 5.32 Å². The van der Waals surface area contributed by atoms with E-state index in [9.17, 15) is 10.1 Å². The summed E-state index contributed by atoms with van der Waals surface area (Å²) in [6.45, 7) is 1.81. The topological polar surface area (TPSA) is 90.2 Å². The van der Waals surface area contributed by atoms with E-state index in [0.29, 0.717) is 29.0 Å². The van der Waals surface area contributed by atoms with Gasteiger partial charge in [-0.05, 0) is 30.7 Å². The van der Waals surface area contributed by atoms with Crippen LogP contribution in [-0.2, 0) is 11.2 Å². The maximum atomic E-state index is 12.3. The average Bonchev–Trinajstić information content (AvgIpc) is 3.39. The Bertz CT molecular complexity index is 1360. The molecule has 0 saturated carbocycles. The quantitative estimate of drug-likeness (QED) is 0.617. The Morgan fingerprint density at radius 2 is 1.94 bits per heavy atom. The van der Waals surface area contributed by atoms with Gasteiger partial charge in [0.15, 0.2) is 0 Å². The maximum absolute atomic E-state index is 12.3. The molecule has 0 aliphatic carbocycles. The minimum atomic E-state index is -0.220. The summed E-state index contributed by atoms with van der Waals surface area (Å²) in [5.74, 6) is -0.220. The van der Waals surface area contributed by atoms with Gasteiger partial charge in [0.05, 0.1) is 34.3 Å². The van der Waals surface area contributed by atoms with Crippen LogP contribution in [0.25, 0.3) is 5.57 Å². The molecule has 150 valence electrons. The molecule has 0 unspecified atom stereocenters. The van der Waals surface area contributed by atoms with Crippen molar-refractivity contribution < 1.29 is 4.79 Å². The fraction of sp³-hybridized carbons (Fsp3) is 0.0833. The molecule has 0 saturated heterocycles. The fourth-order valence-electron chi connectivity index (χ4n) is 3.76. The second-order valence-corrected chi connectivity index (χ2v) is 8.10. The Hall–Kier alpha value is -4.02. The summed E-state index contributed by atoms with van der Waals surface area (Å²) in [4.78, 5) is 17.2. The van der Waals surface area contributed by atoms with Crippen LogP contribution < -0.4 is 10.7 Å². The number of carbonyl (C=O) groups is 1. The van der Waals surface area contributed by atoms with Gasteiger partial charge in [0, 0.05) is 28.6 Å². The molecule has 1 amide bonds. The zero-order valence-corrected chi connectivity index (χ0v) is 17.5. The number of fused-ring (bicyclic) bond motifs is 1. The van der Waals surface area contributed by atoms with E-state index in [1.165, 1.54) is 0 Å². The molecule has 6 nitrogen and oxygen atoms in total. The maximum Gasteiger partial charge on any atom is 0.275 e. The van der Waals surface area contributed by atoms with Crippen molar-refractivity contribution >= 4 is 34.2 Å². The molecular weight excluding hydrogens is 406 g/mol. The average molecular weight is 424 g/mol. The van der Waals surface area contributed by atoms with Gasteiger partial charge in [-0.25, -0.2) is 10.4 Å². The lowest BCUT2D eigenvalue weighted by Gasteiger charge is -2.21. The third-order valence-electron chi connectivity index (χ3n) is 5.25. The van der Waals surface area contributed by atoms with Gasteiger partial charge in [-0.3, -0.25) is 4.79 Å². The van der Waals surface area contributed by atoms with Gasteiger partial charge in [-0.2, -0.15) is 10.4 Å². The molecule has 3 heterocycles. The third-order valence-corrected chi connectivity index (χ3v) is 6.17. The van der Waals surface area contributed by atoms with E-state index in [0.717, 1.165) is 33.1 Å². The lowest BCUT2D eigenvalue weighted by Crippen LogP contribution is -2.19. The zero-order chi connectivity index (χ0) is 21.4. The van der Waals surface area contributed by atoms with Gasteiger partial charge in [-0.1, -0.05) is 36.4 Å². The van der Waals surface area contributed by atoms with Crippen LogP contribution in [-0.4, -0.2) is 16.6 Å². The van der Waals surface area contributed by atoms with Crippen LogP contribution in [0.2, 0.25) is 0 Å². The van der Waals surface area contributed by atoms with E-state index >= 15 is 0 Å². The first kappa shape index (κ1) is 19.0. The number of hydrogen-bond acceptors (Lipinski definition) is 6. The first-order valence-corrected chi connectivity index (χ1v) is 10.6. The molecule has 31 heavy (non-hydrogen) atoms. The summed E-state index contributed by atoms with van der Waals surface area (Å²) in [6, 6.07) is 17.8. The Morgan fingerprint density at radius 3 is 2.74 bits per heavy atom. The molecule has 0 fully saturated rings. The highest BCUT2D eigenvalue weighted by Gasteiger charge is 2.27. The van der Waals surface area contributed by atoms with Crippen molar-refractivity contribution in [3.8, 4) is 6.07 Å². The smallest absolute Gasteiger partial charge is 0.275 e. The number of aromatic nitrogens is 1. The molecular formula is C24H17N5OS. The monoisotopic (exact) mass is 423 g/mol. The fourth-order valence-corrected chi connectivity index (χ4v) is 4.61. The summed E-state index contributed by atoms with van der Waals surface area (Å²) >= 11 is 1.56. The number of allylic oxidation sites excluding steroid dienone is 1. The molecule has 5 rings (SSSR count). The molecule has 7 heteroatoms. The summed E-state index contributed by atoms with van der Waals surface area (Å²) in [5, 5.41) is 19.7. The molecule has 3 aromatic rings. The van der Waals surface area contributed by atoms with Gasteiger partial charge < -0.3 is 5.32 Å². The van der Waals surface area contributed by atoms with Crippen LogP contribution >= 0.6 is 11.3 Å². The summed E-state index contributed by atoms with van der Waals surface area (Å²) < 4.78 is 0. The molecule has 2 aliphatic rings. The highest BCUT2D eigenvalue weighted by atomic mass is 32.1. The third kappa shape index (κ3) is 3.43. The second kappa shape index (κ2) is 7.67. The van der Waals surface area contributed by atoms with E-state index in [1.54, 1.807) is 11.3 Å². The number of benzene rings is 2. The largest absolute Gasteiger partial charge is 0.354 e. The van der Waals surface area contributed by atoms with Crippen LogP contribution in [0.1, 0.15) is 34.3 Å². The van der Waals surface area contributed by atoms with Gasteiger partial charge in [-0.15, -0.1) is 11.3 Å². The lowest BCUT2D eigenvalue weighted by atomic mass is 9.96. The van der Waals surface area contributed by atoms with E-state index in [1.807, 2.05) is 66.9 Å². The van der Waals surface area contributed by atoms with E-state index < -0.39 is 0 Å². The summed E-state index contributed by atoms with van der Waals surface area (Å²) in [5.41, 5.74) is 9.83. The molecule has 2 aromatic carbocycles. The van der Waals surface area contributed by atoms with E-state index in [4.69, 9.17) is 4.98 Å². The number of nitriles is 1. The van der Waals surface area contributed by atoms with Gasteiger partial charge >= 0.3 is 0 Å². The first-order valence-electron chi connectivity index (χ1n) is 9.74. The number of nitrogens with one attached hydrogen (secondary N) is 2. The minimum absolute atomic E-state index is 0.220. The molecule has 2 aliphatic heterocycles. The number of amides is 1. The van der Waals surface area contributed by atoms with Crippen molar-refractivity contribution in [2.45, 2.75) is 13.3 Å². The van der Waals surface area contributed by atoms with E-state index in [2.05, 4.69) is 21.9 Å². The summed E-state index contributed by atoms with van der Waals surface area (Å²) in [6.07, 6.45) is 2.56. The number of carbonyl (C=O) groups excluding carboxylic acids is 1. The SMILES string of the molecule is CC1=NNC(=O)/C1=C1/C=C(c2nc(Cc3ccccc3C#N)cs2)c2ccccc2N1. The highest BCUT2D eigenvalue weighted by Crippen LogP contribution is 2.37. The van der Waals surface area contributed by atoms with Gasteiger partial charge in [0.25, 0.3) is 5.91 Å². The van der Waals surface area contributed by atoms with Gasteiger partial charge in [0.1, 0.15) is 5.01 Å². The molecule has 0 bridgehead atoms. The van der Waals surface area contributed by atoms with Crippen molar-refractivity contribution in [1.82, 2.24) is 10.4 Å².